The third-order valence-electron chi connectivity index (χ3n) is 3.84. The zero-order valence-corrected chi connectivity index (χ0v) is 16.2. The Kier molecular flexibility index (Phi) is 6.02. The maximum Gasteiger partial charge on any atom is 0.427 e. The Bertz CT molecular complexity index is 1200. The van der Waals surface area contributed by atoms with Crippen molar-refractivity contribution >= 4 is 34.0 Å². The van der Waals surface area contributed by atoms with Gasteiger partial charge in [0.05, 0.1) is 22.7 Å². The lowest BCUT2D eigenvalue weighted by Gasteiger charge is -2.17. The number of benzene rings is 1. The molecule has 14 heteroatoms. The summed E-state index contributed by atoms with van der Waals surface area (Å²) in [5.74, 6) is 0.0756. The Labute approximate surface area is 171 Å². The minimum atomic E-state index is -5.03. The summed E-state index contributed by atoms with van der Waals surface area (Å²) in [6.07, 6.45) is -9.25. The molecule has 3 aromatic rings. The molecule has 0 aliphatic carbocycles. The standard InChI is InChI=1S/C16H11F6N3O3S2/c17-15(18,19)7-4-6-10(24-14(28)25-12(6)27)11(29-3-1-2-26)9(7)13-23-5-8(30-13)16(20,21)22/h4-5,26H,1-3H2,(H2,24,25,27,28). The van der Waals surface area contributed by atoms with Gasteiger partial charge in [0.2, 0.25) is 0 Å². The van der Waals surface area contributed by atoms with Crippen molar-refractivity contribution in [3.8, 4) is 10.6 Å². The van der Waals surface area contributed by atoms with Gasteiger partial charge in [-0.3, -0.25) is 9.78 Å². The van der Waals surface area contributed by atoms with Crippen LogP contribution >= 0.6 is 23.1 Å². The maximum atomic E-state index is 13.8. The lowest BCUT2D eigenvalue weighted by molar-refractivity contribution is -0.137. The van der Waals surface area contributed by atoms with E-state index in [1.54, 1.807) is 0 Å². The second-order valence-corrected chi connectivity index (χ2v) is 8.05. The molecular formula is C16H11F6N3O3S2. The zero-order chi connectivity index (χ0) is 22.3. The molecule has 0 fully saturated rings. The fourth-order valence-corrected chi connectivity index (χ4v) is 4.66. The number of aliphatic hydroxyl groups is 1. The summed E-state index contributed by atoms with van der Waals surface area (Å²) in [4.78, 5) is 29.9. The number of thioether (sulfide) groups is 1. The number of alkyl halides is 6. The summed E-state index contributed by atoms with van der Waals surface area (Å²) in [6.45, 7) is -0.286. The molecular weight excluding hydrogens is 460 g/mol. The van der Waals surface area contributed by atoms with E-state index in [1.165, 1.54) is 0 Å². The van der Waals surface area contributed by atoms with E-state index in [4.69, 9.17) is 5.11 Å². The van der Waals surface area contributed by atoms with Crippen LogP contribution in [0.15, 0.2) is 26.7 Å². The number of halogens is 6. The van der Waals surface area contributed by atoms with E-state index >= 15 is 0 Å². The number of aromatic nitrogens is 3. The summed E-state index contributed by atoms with van der Waals surface area (Å²) in [5.41, 5.74) is -4.34. The Morgan fingerprint density at radius 2 is 1.80 bits per heavy atom. The first-order valence-corrected chi connectivity index (χ1v) is 9.91. The van der Waals surface area contributed by atoms with Crippen LogP contribution in [-0.2, 0) is 12.4 Å². The monoisotopic (exact) mass is 471 g/mol. The molecule has 0 atom stereocenters. The van der Waals surface area contributed by atoms with Gasteiger partial charge in [-0.2, -0.15) is 26.3 Å². The van der Waals surface area contributed by atoms with Crippen LogP contribution in [0.25, 0.3) is 21.5 Å². The molecule has 6 nitrogen and oxygen atoms in total. The minimum absolute atomic E-state index is 0.0167. The molecule has 3 N–H and O–H groups in total. The molecule has 0 saturated heterocycles. The molecule has 30 heavy (non-hydrogen) atoms. The van der Waals surface area contributed by atoms with Crippen molar-refractivity contribution in [2.75, 3.05) is 12.4 Å². The first kappa shape index (κ1) is 22.4. The number of nitrogens with one attached hydrogen (secondary N) is 2. The van der Waals surface area contributed by atoms with Gasteiger partial charge >= 0.3 is 18.0 Å². The largest absolute Gasteiger partial charge is 0.427 e. The van der Waals surface area contributed by atoms with E-state index in [1.807, 2.05) is 4.98 Å². The number of hydrogen-bond acceptors (Lipinski definition) is 6. The molecule has 1 aromatic carbocycles. The first-order chi connectivity index (χ1) is 13.9. The molecule has 0 saturated carbocycles. The Hall–Kier alpha value is -2.32. The van der Waals surface area contributed by atoms with Crippen molar-refractivity contribution in [3.05, 3.63) is 43.5 Å². The first-order valence-electron chi connectivity index (χ1n) is 8.11. The number of rotatable bonds is 5. The van der Waals surface area contributed by atoms with Crippen molar-refractivity contribution in [1.29, 1.82) is 0 Å². The molecule has 0 bridgehead atoms. The van der Waals surface area contributed by atoms with Gasteiger partial charge in [0.1, 0.15) is 9.88 Å². The van der Waals surface area contributed by atoms with Gasteiger partial charge in [0, 0.05) is 22.8 Å². The van der Waals surface area contributed by atoms with Gasteiger partial charge in [-0.15, -0.1) is 23.1 Å². The predicted octanol–water partition coefficient (Wildman–Crippen LogP) is 3.85. The normalized spacial score (nSPS) is 12.6. The number of fused-ring (bicyclic) bond motifs is 1. The number of aromatic amines is 2. The Morgan fingerprint density at radius 1 is 1.10 bits per heavy atom. The summed E-state index contributed by atoms with van der Waals surface area (Å²) < 4.78 is 80.4. The van der Waals surface area contributed by atoms with Crippen molar-refractivity contribution in [3.63, 3.8) is 0 Å². The molecule has 3 rings (SSSR count). The molecule has 2 aromatic heterocycles. The number of H-pyrrole nitrogens is 2. The van der Waals surface area contributed by atoms with Gasteiger partial charge in [0.25, 0.3) is 5.56 Å². The van der Waals surface area contributed by atoms with Crippen LogP contribution in [0, 0.1) is 0 Å². The average molecular weight is 471 g/mol. The van der Waals surface area contributed by atoms with Crippen LogP contribution in [0.5, 0.6) is 0 Å². The fraction of sp³-hybridized carbons (Fsp3) is 0.312. The van der Waals surface area contributed by atoms with Crippen LogP contribution in [0.1, 0.15) is 16.9 Å². The molecule has 2 heterocycles. The van der Waals surface area contributed by atoms with E-state index in [9.17, 15) is 35.9 Å². The number of thiazole rings is 1. The van der Waals surface area contributed by atoms with Crippen LogP contribution in [0.4, 0.5) is 26.3 Å². The summed E-state index contributed by atoms with van der Waals surface area (Å²) in [5, 5.41) is 7.92. The van der Waals surface area contributed by atoms with Crippen molar-refractivity contribution in [1.82, 2.24) is 15.0 Å². The van der Waals surface area contributed by atoms with E-state index in [0.29, 0.717) is 12.3 Å². The van der Waals surface area contributed by atoms with Crippen LogP contribution in [0.2, 0.25) is 0 Å². The number of hydrogen-bond donors (Lipinski definition) is 3. The van der Waals surface area contributed by atoms with E-state index in [0.717, 1.165) is 11.8 Å². The van der Waals surface area contributed by atoms with Gasteiger partial charge in [-0.1, -0.05) is 0 Å². The number of aliphatic hydroxyl groups excluding tert-OH is 1. The lowest BCUT2D eigenvalue weighted by Crippen LogP contribution is -2.23. The topological polar surface area (TPSA) is 98.8 Å². The molecule has 0 spiro atoms. The van der Waals surface area contributed by atoms with Crippen LogP contribution in [0.3, 0.4) is 0 Å². The zero-order valence-electron chi connectivity index (χ0n) is 14.6. The minimum Gasteiger partial charge on any atom is -0.396 e. The third-order valence-corrected chi connectivity index (χ3v) is 6.09. The highest BCUT2D eigenvalue weighted by molar-refractivity contribution is 7.99. The second kappa shape index (κ2) is 8.07. The molecule has 0 radical (unpaired) electrons. The van der Waals surface area contributed by atoms with Gasteiger partial charge in [0.15, 0.2) is 0 Å². The lowest BCUT2D eigenvalue weighted by atomic mass is 10.0. The molecule has 0 unspecified atom stereocenters. The quantitative estimate of drug-likeness (QED) is 0.298. The second-order valence-electron chi connectivity index (χ2n) is 5.91. The SMILES string of the molecule is O=c1[nH]c(=O)c2cc(C(F)(F)F)c(-c3ncc(C(F)(F)F)s3)c(SCCCO)c2[nH]1. The maximum absolute atomic E-state index is 13.8. The van der Waals surface area contributed by atoms with Gasteiger partial charge in [-0.25, -0.2) is 9.78 Å². The molecule has 0 amide bonds. The summed E-state index contributed by atoms with van der Waals surface area (Å²) >= 11 is 0.780. The Morgan fingerprint density at radius 3 is 2.37 bits per heavy atom. The fourth-order valence-electron chi connectivity index (χ4n) is 2.62. The van der Waals surface area contributed by atoms with Gasteiger partial charge < -0.3 is 10.1 Å². The van der Waals surface area contributed by atoms with Crippen molar-refractivity contribution in [2.24, 2.45) is 0 Å². The van der Waals surface area contributed by atoms with Crippen molar-refractivity contribution in [2.45, 2.75) is 23.7 Å². The van der Waals surface area contributed by atoms with Crippen LogP contribution < -0.4 is 11.2 Å². The average Bonchev–Trinajstić information content (AvgIpc) is 3.11. The molecule has 0 aliphatic rings. The van der Waals surface area contributed by atoms with E-state index < -0.39 is 50.0 Å². The summed E-state index contributed by atoms with van der Waals surface area (Å²) in [7, 11) is 0. The highest BCUT2D eigenvalue weighted by atomic mass is 32.2. The summed E-state index contributed by atoms with van der Waals surface area (Å²) in [6, 6.07) is 0.476. The smallest absolute Gasteiger partial charge is 0.396 e. The number of nitrogens with zero attached hydrogens (tertiary/aromatic N) is 1. The Balaban J connectivity index is 2.42. The van der Waals surface area contributed by atoms with E-state index in [2.05, 4.69) is 9.97 Å². The van der Waals surface area contributed by atoms with Gasteiger partial charge in [-0.05, 0) is 12.5 Å². The highest BCUT2D eigenvalue weighted by Crippen LogP contribution is 2.47. The predicted molar refractivity (Wildman–Crippen MR) is 98.7 cm³/mol. The third kappa shape index (κ3) is 4.39. The van der Waals surface area contributed by atoms with Crippen molar-refractivity contribution < 1.29 is 31.4 Å². The highest BCUT2D eigenvalue weighted by Gasteiger charge is 2.39. The van der Waals surface area contributed by atoms with Crippen LogP contribution in [-0.4, -0.2) is 32.4 Å². The molecule has 0 aliphatic heterocycles. The molecule has 162 valence electrons. The van der Waals surface area contributed by atoms with E-state index in [-0.39, 0.29) is 40.5 Å².